The third kappa shape index (κ3) is 4.47. The Balaban J connectivity index is 2.81. The number of alkyl halides is 3. The van der Waals surface area contributed by atoms with Crippen LogP contribution < -0.4 is 0 Å². The fraction of sp³-hybridized carbons (Fsp3) is 0.750. The predicted octanol–water partition coefficient (Wildman–Crippen LogP) is 4.22. The molecule has 0 saturated heterocycles. The Morgan fingerprint density at radius 2 is 2.06 bits per heavy atom. The predicted molar refractivity (Wildman–Crippen MR) is 69.4 cm³/mol. The summed E-state index contributed by atoms with van der Waals surface area (Å²) in [7, 11) is -1.37. The lowest BCUT2D eigenvalue weighted by Crippen LogP contribution is -2.39. The molecule has 0 N–H and O–H groups in total. The number of hydrogen-bond acceptors (Lipinski definition) is 2. The Morgan fingerprint density at radius 1 is 1.44 bits per heavy atom. The van der Waals surface area contributed by atoms with E-state index in [1.807, 2.05) is 0 Å². The van der Waals surface area contributed by atoms with Crippen molar-refractivity contribution in [1.29, 1.82) is 0 Å². The summed E-state index contributed by atoms with van der Waals surface area (Å²) in [6.45, 7) is 10.0. The van der Waals surface area contributed by atoms with Gasteiger partial charge in [-0.25, -0.2) is 0 Å². The average Bonchev–Trinajstić information content (AvgIpc) is 2.13. The van der Waals surface area contributed by atoms with E-state index in [0.717, 1.165) is 6.04 Å². The molecule has 0 spiro atoms. The van der Waals surface area contributed by atoms with Crippen LogP contribution in [-0.4, -0.2) is 26.1 Å². The second-order valence-corrected chi connectivity index (χ2v) is 11.5. The summed E-state index contributed by atoms with van der Waals surface area (Å²) < 4.78 is 38.2. The molecule has 1 rings (SSSR count). The summed E-state index contributed by atoms with van der Waals surface area (Å²) in [5.41, 5.74) is -0.797. The maximum Gasteiger partial charge on any atom is 0.432 e. The molecular weight excluding hydrogens is 259 g/mol. The molecule has 0 aromatic heterocycles. The van der Waals surface area contributed by atoms with E-state index in [-0.39, 0.29) is 6.10 Å². The molecule has 0 amide bonds. The zero-order chi connectivity index (χ0) is 14.0. The molecule has 1 aliphatic heterocycles. The molecule has 6 heteroatoms. The van der Waals surface area contributed by atoms with Gasteiger partial charge in [-0.1, -0.05) is 30.9 Å². The topological polar surface area (TPSA) is 21.6 Å². The van der Waals surface area contributed by atoms with Crippen molar-refractivity contribution in [3.8, 4) is 0 Å². The third-order valence-corrected chi connectivity index (χ3v) is 4.50. The van der Waals surface area contributed by atoms with Crippen molar-refractivity contribution in [2.45, 2.75) is 50.8 Å². The van der Waals surface area contributed by atoms with Crippen molar-refractivity contribution in [2.75, 3.05) is 0 Å². The minimum absolute atomic E-state index is 0.187. The van der Waals surface area contributed by atoms with Gasteiger partial charge >= 0.3 is 6.18 Å². The summed E-state index contributed by atoms with van der Waals surface area (Å²) in [5.74, 6) is -0.613. The Labute approximate surface area is 107 Å². The minimum Gasteiger partial charge on any atom is -0.393 e. The monoisotopic (exact) mass is 279 g/mol. The van der Waals surface area contributed by atoms with Gasteiger partial charge in [-0.3, -0.25) is 0 Å². The number of oxime groups is 1. The van der Waals surface area contributed by atoms with Gasteiger partial charge in [-0.15, -0.1) is 6.58 Å². The molecule has 0 aliphatic carbocycles. The van der Waals surface area contributed by atoms with Crippen LogP contribution in [0.5, 0.6) is 0 Å². The van der Waals surface area contributed by atoms with Crippen LogP contribution in [0.2, 0.25) is 25.7 Å². The fourth-order valence-corrected chi connectivity index (χ4v) is 3.78. The highest BCUT2D eigenvalue weighted by Crippen LogP contribution is 2.33. The number of rotatable bonds is 4. The molecule has 18 heavy (non-hydrogen) atoms. The van der Waals surface area contributed by atoms with E-state index in [1.54, 1.807) is 0 Å². The molecule has 1 heterocycles. The molecule has 0 saturated carbocycles. The maximum absolute atomic E-state index is 12.7. The van der Waals surface area contributed by atoms with Gasteiger partial charge in [-0.05, 0) is 18.9 Å². The Bertz CT molecular complexity index is 333. The lowest BCUT2D eigenvalue weighted by atomic mass is 9.92. The molecule has 0 unspecified atom stereocenters. The van der Waals surface area contributed by atoms with Gasteiger partial charge < -0.3 is 4.84 Å². The summed E-state index contributed by atoms with van der Waals surface area (Å²) >= 11 is 0. The largest absolute Gasteiger partial charge is 0.432 e. The molecular formula is C12H20F3NOSi. The maximum atomic E-state index is 12.7. The first-order valence-corrected chi connectivity index (χ1v) is 9.76. The summed E-state index contributed by atoms with van der Waals surface area (Å²) in [5, 5.41) is 3.33. The summed E-state index contributed by atoms with van der Waals surface area (Å²) in [6.07, 6.45) is -2.40. The van der Waals surface area contributed by atoms with Crippen molar-refractivity contribution in [1.82, 2.24) is 0 Å². The first-order chi connectivity index (χ1) is 8.13. The minimum atomic E-state index is -4.40. The summed E-state index contributed by atoms with van der Waals surface area (Å²) in [6, 6.07) is 0.829. The van der Waals surface area contributed by atoms with E-state index in [2.05, 4.69) is 31.4 Å². The van der Waals surface area contributed by atoms with Crippen molar-refractivity contribution in [2.24, 2.45) is 11.1 Å². The van der Waals surface area contributed by atoms with Crippen LogP contribution in [0.4, 0.5) is 13.2 Å². The second kappa shape index (κ2) is 5.46. The quantitative estimate of drug-likeness (QED) is 0.557. The van der Waals surface area contributed by atoms with Crippen molar-refractivity contribution in [3.05, 3.63) is 12.7 Å². The van der Waals surface area contributed by atoms with Gasteiger partial charge in [0, 0.05) is 14.0 Å². The molecule has 104 valence electrons. The second-order valence-electron chi connectivity index (χ2n) is 5.92. The Morgan fingerprint density at radius 3 is 2.50 bits per heavy atom. The number of nitrogens with zero attached hydrogens (tertiary/aromatic N) is 1. The van der Waals surface area contributed by atoms with Crippen LogP contribution in [0, 0.1) is 5.92 Å². The van der Waals surface area contributed by atoms with Crippen LogP contribution in [0.1, 0.15) is 12.8 Å². The van der Waals surface area contributed by atoms with E-state index >= 15 is 0 Å². The zero-order valence-electron chi connectivity index (χ0n) is 11.0. The van der Waals surface area contributed by atoms with Gasteiger partial charge in [0.05, 0.1) is 0 Å². The van der Waals surface area contributed by atoms with Crippen LogP contribution >= 0.6 is 0 Å². The smallest absolute Gasteiger partial charge is 0.393 e. The summed E-state index contributed by atoms with van der Waals surface area (Å²) in [4.78, 5) is 5.04. The van der Waals surface area contributed by atoms with Crippen LogP contribution in [0.25, 0.3) is 0 Å². The first-order valence-electron chi connectivity index (χ1n) is 6.05. The molecule has 0 aromatic rings. The van der Waals surface area contributed by atoms with Crippen molar-refractivity contribution >= 4 is 13.8 Å². The number of halogens is 3. The SMILES string of the molecule is C=CC[C@@H]1C[C@H](C[Si](C)(C)C)ON=C1C(F)(F)F. The lowest BCUT2D eigenvalue weighted by molar-refractivity contribution is -0.0753. The van der Waals surface area contributed by atoms with E-state index < -0.39 is 25.9 Å². The van der Waals surface area contributed by atoms with E-state index in [9.17, 15) is 13.2 Å². The van der Waals surface area contributed by atoms with E-state index in [1.165, 1.54) is 6.08 Å². The highest BCUT2D eigenvalue weighted by Gasteiger charge is 2.44. The lowest BCUT2D eigenvalue weighted by Gasteiger charge is -2.31. The molecule has 1 aliphatic rings. The van der Waals surface area contributed by atoms with E-state index in [0.29, 0.717) is 12.8 Å². The molecule has 0 bridgehead atoms. The van der Waals surface area contributed by atoms with Crippen molar-refractivity contribution in [3.63, 3.8) is 0 Å². The van der Waals surface area contributed by atoms with Gasteiger partial charge in [0.2, 0.25) is 0 Å². The molecule has 0 aromatic carbocycles. The Hall–Kier alpha value is -0.783. The Kier molecular flexibility index (Phi) is 4.64. The van der Waals surface area contributed by atoms with Gasteiger partial charge in [0.25, 0.3) is 0 Å². The van der Waals surface area contributed by atoms with Crippen LogP contribution in [0.3, 0.4) is 0 Å². The number of allylic oxidation sites excluding steroid dienone is 1. The highest BCUT2D eigenvalue weighted by molar-refractivity contribution is 6.76. The molecule has 2 atom stereocenters. The fourth-order valence-electron chi connectivity index (χ4n) is 2.17. The van der Waals surface area contributed by atoms with Gasteiger partial charge in [0.15, 0.2) is 5.71 Å². The average molecular weight is 279 g/mol. The van der Waals surface area contributed by atoms with Crippen LogP contribution in [0.15, 0.2) is 17.8 Å². The highest BCUT2D eigenvalue weighted by atomic mass is 28.3. The zero-order valence-corrected chi connectivity index (χ0v) is 12.0. The third-order valence-electron chi connectivity index (χ3n) is 2.82. The first kappa shape index (κ1) is 15.3. The molecule has 2 nitrogen and oxygen atoms in total. The number of hydrogen-bond donors (Lipinski definition) is 0. The van der Waals surface area contributed by atoms with E-state index in [4.69, 9.17) is 4.84 Å². The van der Waals surface area contributed by atoms with Gasteiger partial charge in [0.1, 0.15) is 6.10 Å². The van der Waals surface area contributed by atoms with Crippen molar-refractivity contribution < 1.29 is 18.0 Å². The molecule has 0 radical (unpaired) electrons. The van der Waals surface area contributed by atoms with Crippen LogP contribution in [-0.2, 0) is 4.84 Å². The normalized spacial score (nSPS) is 25.3. The van der Waals surface area contributed by atoms with Gasteiger partial charge in [-0.2, -0.15) is 13.2 Å². The standard InChI is InChI=1S/C12H20F3NOSi/c1-5-6-9-7-10(8-18(2,3)4)17-16-11(9)12(13,14)15/h5,9-10H,1,6-8H2,2-4H3/t9-,10-/m1/s1. The molecule has 0 fully saturated rings.